The van der Waals surface area contributed by atoms with Gasteiger partial charge in [-0.2, -0.15) is 0 Å². The maximum Gasteiger partial charge on any atom is 0.341 e. The summed E-state index contributed by atoms with van der Waals surface area (Å²) >= 11 is 6.03. The number of nitrogens with one attached hydrogen (secondary N) is 1. The number of carbonyl (C=O) groups is 2. The second kappa shape index (κ2) is 8.57. The van der Waals surface area contributed by atoms with Crippen LogP contribution in [0.2, 0.25) is 5.02 Å². The van der Waals surface area contributed by atoms with Crippen LogP contribution in [0.25, 0.3) is 0 Å². The molecular weight excluding hydrogens is 390 g/mol. The molecule has 0 fully saturated rings. The highest BCUT2D eigenvalue weighted by Crippen LogP contribution is 2.31. The summed E-state index contributed by atoms with van der Waals surface area (Å²) in [5.74, 6) is -1.24. The molecular formula is C18H18ClN3O6. The summed E-state index contributed by atoms with van der Waals surface area (Å²) in [7, 11) is 1.42. The second-order valence-corrected chi connectivity index (χ2v) is 6.27. The number of nitrogens with two attached hydrogens (primary N) is 1. The molecule has 148 valence electrons. The van der Waals surface area contributed by atoms with Gasteiger partial charge in [-0.3, -0.25) is 14.9 Å². The fourth-order valence-corrected chi connectivity index (χ4v) is 2.43. The number of hydrogen-bond donors (Lipinski definition) is 2. The number of esters is 1. The maximum atomic E-state index is 12.4. The molecule has 1 atom stereocenters. The molecule has 1 unspecified atom stereocenters. The van der Waals surface area contributed by atoms with Crippen LogP contribution in [0.15, 0.2) is 30.3 Å². The number of nitro groups is 1. The number of halogens is 1. The summed E-state index contributed by atoms with van der Waals surface area (Å²) in [6.45, 7) is 3.11. The smallest absolute Gasteiger partial charge is 0.341 e. The van der Waals surface area contributed by atoms with Crippen molar-refractivity contribution in [3.8, 4) is 5.75 Å². The van der Waals surface area contributed by atoms with Crippen LogP contribution >= 0.6 is 11.6 Å². The Morgan fingerprint density at radius 2 is 1.96 bits per heavy atom. The molecule has 0 aliphatic heterocycles. The summed E-state index contributed by atoms with van der Waals surface area (Å²) < 4.78 is 10.3. The van der Waals surface area contributed by atoms with Crippen molar-refractivity contribution in [3.05, 3.63) is 56.6 Å². The van der Waals surface area contributed by atoms with Gasteiger partial charge in [0.25, 0.3) is 11.6 Å². The van der Waals surface area contributed by atoms with Gasteiger partial charge in [0.1, 0.15) is 5.75 Å². The molecule has 10 heteroatoms. The van der Waals surface area contributed by atoms with E-state index in [0.717, 1.165) is 12.1 Å². The Hall–Kier alpha value is -3.33. The molecule has 0 aromatic heterocycles. The molecule has 2 aromatic carbocycles. The summed E-state index contributed by atoms with van der Waals surface area (Å²) in [5, 5.41) is 13.9. The van der Waals surface area contributed by atoms with E-state index in [1.165, 1.54) is 20.1 Å². The summed E-state index contributed by atoms with van der Waals surface area (Å²) in [6, 6.07) is 6.55. The van der Waals surface area contributed by atoms with Crippen LogP contribution in [0.5, 0.6) is 5.75 Å². The lowest BCUT2D eigenvalue weighted by atomic mass is 10.1. The van der Waals surface area contributed by atoms with E-state index in [2.05, 4.69) is 5.32 Å². The quantitative estimate of drug-likeness (QED) is 0.324. The number of nitrogen functional groups attached to an aromatic ring is 1. The summed E-state index contributed by atoms with van der Waals surface area (Å²) in [5.41, 5.74) is 6.23. The minimum absolute atomic E-state index is 0.00166. The number of amides is 1. The third-order valence-corrected chi connectivity index (χ3v) is 4.27. The Kier molecular flexibility index (Phi) is 6.42. The maximum absolute atomic E-state index is 12.4. The van der Waals surface area contributed by atoms with E-state index in [0.29, 0.717) is 22.0 Å². The van der Waals surface area contributed by atoms with E-state index in [-0.39, 0.29) is 16.9 Å². The van der Waals surface area contributed by atoms with Crippen molar-refractivity contribution in [3.63, 3.8) is 0 Å². The number of rotatable bonds is 6. The van der Waals surface area contributed by atoms with E-state index >= 15 is 0 Å². The van der Waals surface area contributed by atoms with Gasteiger partial charge in [-0.25, -0.2) is 4.79 Å². The first-order valence-electron chi connectivity index (χ1n) is 8.04. The number of nitrogens with zero attached hydrogens (tertiary/aromatic N) is 1. The van der Waals surface area contributed by atoms with Crippen molar-refractivity contribution in [2.75, 3.05) is 18.2 Å². The third kappa shape index (κ3) is 4.68. The Labute approximate surface area is 165 Å². The van der Waals surface area contributed by atoms with Crippen molar-refractivity contribution in [1.29, 1.82) is 0 Å². The van der Waals surface area contributed by atoms with Crippen molar-refractivity contribution >= 4 is 40.5 Å². The summed E-state index contributed by atoms with van der Waals surface area (Å²) in [4.78, 5) is 34.9. The summed E-state index contributed by atoms with van der Waals surface area (Å²) in [6.07, 6.45) is -1.20. The Morgan fingerprint density at radius 1 is 1.29 bits per heavy atom. The molecule has 0 saturated heterocycles. The van der Waals surface area contributed by atoms with Crippen LogP contribution in [0, 0.1) is 17.0 Å². The van der Waals surface area contributed by atoms with Gasteiger partial charge in [0.15, 0.2) is 6.10 Å². The van der Waals surface area contributed by atoms with Crippen molar-refractivity contribution in [2.24, 2.45) is 0 Å². The van der Waals surface area contributed by atoms with E-state index in [4.69, 9.17) is 26.8 Å². The molecule has 0 saturated carbocycles. The predicted molar refractivity (Wildman–Crippen MR) is 104 cm³/mol. The number of nitro benzene ring substituents is 1. The molecule has 0 bridgehead atoms. The first kappa shape index (κ1) is 21.0. The van der Waals surface area contributed by atoms with Crippen LogP contribution in [-0.2, 0) is 9.53 Å². The molecule has 1 amide bonds. The van der Waals surface area contributed by atoms with Crippen molar-refractivity contribution in [2.45, 2.75) is 20.0 Å². The second-order valence-electron chi connectivity index (χ2n) is 5.87. The van der Waals surface area contributed by atoms with Gasteiger partial charge < -0.3 is 20.5 Å². The molecule has 0 spiro atoms. The Balaban J connectivity index is 2.15. The number of aryl methyl sites for hydroxylation is 1. The predicted octanol–water partition coefficient (Wildman–Crippen LogP) is 3.33. The molecule has 0 heterocycles. The molecule has 2 aromatic rings. The van der Waals surface area contributed by atoms with E-state index < -0.39 is 22.9 Å². The lowest BCUT2D eigenvalue weighted by molar-refractivity contribution is -0.384. The van der Waals surface area contributed by atoms with Gasteiger partial charge in [0, 0.05) is 28.9 Å². The average molecular weight is 408 g/mol. The fourth-order valence-electron chi connectivity index (χ4n) is 2.28. The number of carbonyl (C=O) groups excluding carboxylic acids is 2. The Bertz CT molecular complexity index is 947. The minimum Gasteiger partial charge on any atom is -0.495 e. The van der Waals surface area contributed by atoms with Crippen LogP contribution in [0.4, 0.5) is 17.1 Å². The molecule has 3 N–H and O–H groups in total. The van der Waals surface area contributed by atoms with Crippen molar-refractivity contribution < 1.29 is 24.0 Å². The molecule has 0 aliphatic rings. The van der Waals surface area contributed by atoms with Crippen molar-refractivity contribution in [1.82, 2.24) is 0 Å². The molecule has 2 rings (SSSR count). The van der Waals surface area contributed by atoms with Crippen LogP contribution in [0.1, 0.15) is 22.8 Å². The normalized spacial score (nSPS) is 11.4. The number of hydrogen-bond acceptors (Lipinski definition) is 7. The number of benzene rings is 2. The average Bonchev–Trinajstić information content (AvgIpc) is 2.64. The first-order valence-corrected chi connectivity index (χ1v) is 8.41. The topological polar surface area (TPSA) is 134 Å². The molecule has 0 radical (unpaired) electrons. The van der Waals surface area contributed by atoms with Gasteiger partial charge in [0.2, 0.25) is 0 Å². The third-order valence-electron chi connectivity index (χ3n) is 3.86. The lowest BCUT2D eigenvalue weighted by Crippen LogP contribution is -2.30. The lowest BCUT2D eigenvalue weighted by Gasteiger charge is -2.16. The monoisotopic (exact) mass is 407 g/mol. The zero-order valence-corrected chi connectivity index (χ0v) is 16.1. The highest BCUT2D eigenvalue weighted by Gasteiger charge is 2.23. The minimum atomic E-state index is -1.20. The first-order chi connectivity index (χ1) is 13.1. The highest BCUT2D eigenvalue weighted by molar-refractivity contribution is 6.31. The van der Waals surface area contributed by atoms with Gasteiger partial charge in [-0.1, -0.05) is 11.6 Å². The fraction of sp³-hybridized carbons (Fsp3) is 0.222. The number of ether oxygens (including phenoxy) is 2. The van der Waals surface area contributed by atoms with Gasteiger partial charge in [-0.05, 0) is 31.5 Å². The van der Waals surface area contributed by atoms with Crippen LogP contribution in [0.3, 0.4) is 0 Å². The van der Waals surface area contributed by atoms with E-state index in [1.54, 1.807) is 19.1 Å². The highest BCUT2D eigenvalue weighted by atomic mass is 35.5. The SMILES string of the molecule is COc1cc(Cl)c(C)cc1NC(=O)C(C)OC(=O)c1cc([N+](=O)[O-])ccc1N. The van der Waals surface area contributed by atoms with Gasteiger partial charge in [0.05, 0.1) is 23.3 Å². The standard InChI is InChI=1S/C18H18ClN3O6/c1-9-6-15(16(27-3)8-13(9)19)21-17(23)10(2)28-18(24)12-7-11(22(25)26)4-5-14(12)20/h4-8,10H,20H2,1-3H3,(H,21,23). The molecule has 9 nitrogen and oxygen atoms in total. The molecule has 0 aliphatic carbocycles. The number of methoxy groups -OCH3 is 1. The van der Waals surface area contributed by atoms with E-state index in [9.17, 15) is 19.7 Å². The Morgan fingerprint density at radius 3 is 2.57 bits per heavy atom. The van der Waals surface area contributed by atoms with Gasteiger partial charge >= 0.3 is 5.97 Å². The van der Waals surface area contributed by atoms with Crippen LogP contribution in [-0.4, -0.2) is 30.0 Å². The zero-order valence-electron chi connectivity index (χ0n) is 15.3. The van der Waals surface area contributed by atoms with Gasteiger partial charge in [-0.15, -0.1) is 0 Å². The zero-order chi connectivity index (χ0) is 21.0. The van der Waals surface area contributed by atoms with E-state index in [1.807, 2.05) is 0 Å². The number of non-ortho nitro benzene ring substituents is 1. The van der Waals surface area contributed by atoms with Crippen LogP contribution < -0.4 is 15.8 Å². The molecule has 28 heavy (non-hydrogen) atoms. The largest absolute Gasteiger partial charge is 0.495 e. The number of anilines is 2.